The molecule has 0 saturated heterocycles. The average molecular weight is 255 g/mol. The molecule has 3 heteroatoms. The smallest absolute Gasteiger partial charge is 0.314 e. The number of benzene rings is 1. The largest absolute Gasteiger partial charge is 0.465 e. The van der Waals surface area contributed by atoms with Gasteiger partial charge in [-0.2, -0.15) is 0 Å². The third-order valence-electron chi connectivity index (χ3n) is 2.92. The molecule has 98 valence electrons. The Morgan fingerprint density at radius 3 is 2.58 bits per heavy atom. The van der Waals surface area contributed by atoms with E-state index in [4.69, 9.17) is 4.74 Å². The molecule has 2 rings (SSSR count). The van der Waals surface area contributed by atoms with E-state index >= 15 is 0 Å². The fraction of sp³-hybridized carbons (Fsp3) is 0.250. The van der Waals surface area contributed by atoms with Gasteiger partial charge in [0.2, 0.25) is 0 Å². The van der Waals surface area contributed by atoms with Gasteiger partial charge in [0.15, 0.2) is 0 Å². The van der Waals surface area contributed by atoms with Crippen molar-refractivity contribution in [2.75, 3.05) is 6.61 Å². The highest BCUT2D eigenvalue weighted by molar-refractivity contribution is 5.77. The van der Waals surface area contributed by atoms with Gasteiger partial charge in [-0.25, -0.2) is 0 Å². The molecule has 0 radical (unpaired) electrons. The van der Waals surface area contributed by atoms with Crippen LogP contribution in [0.4, 0.5) is 0 Å². The lowest BCUT2D eigenvalue weighted by Gasteiger charge is -2.11. The lowest BCUT2D eigenvalue weighted by atomic mass is 10.1. The Morgan fingerprint density at radius 1 is 1.16 bits per heavy atom. The molecule has 1 heterocycles. The number of esters is 1. The molecule has 0 saturated carbocycles. The van der Waals surface area contributed by atoms with Crippen molar-refractivity contribution in [3.05, 3.63) is 54.2 Å². The first-order valence-electron chi connectivity index (χ1n) is 6.41. The summed E-state index contributed by atoms with van der Waals surface area (Å²) in [5, 5.41) is 0. The Labute approximate surface area is 113 Å². The van der Waals surface area contributed by atoms with Crippen molar-refractivity contribution in [3.63, 3.8) is 0 Å². The van der Waals surface area contributed by atoms with Gasteiger partial charge in [0.05, 0.1) is 23.9 Å². The van der Waals surface area contributed by atoms with Crippen molar-refractivity contribution in [1.29, 1.82) is 0 Å². The minimum absolute atomic E-state index is 0.236. The monoisotopic (exact) mass is 255 g/mol. The van der Waals surface area contributed by atoms with Gasteiger partial charge < -0.3 is 4.74 Å². The zero-order valence-corrected chi connectivity index (χ0v) is 11.2. The first-order chi connectivity index (χ1) is 9.22. The quantitative estimate of drug-likeness (QED) is 0.786. The number of pyridine rings is 1. The molecule has 0 spiro atoms. The number of nitrogens with zero attached hydrogens (tertiary/aromatic N) is 1. The van der Waals surface area contributed by atoms with Crippen LogP contribution in [0.15, 0.2) is 48.5 Å². The molecule has 1 unspecified atom stereocenters. The van der Waals surface area contributed by atoms with Crippen LogP contribution >= 0.6 is 0 Å². The molecule has 2 aromatic rings. The van der Waals surface area contributed by atoms with Crippen LogP contribution in [0.1, 0.15) is 25.5 Å². The average Bonchev–Trinajstić information content (AvgIpc) is 2.48. The van der Waals surface area contributed by atoms with Crippen molar-refractivity contribution in [3.8, 4) is 11.3 Å². The molecule has 3 nitrogen and oxygen atoms in total. The van der Waals surface area contributed by atoms with E-state index in [1.54, 1.807) is 6.92 Å². The van der Waals surface area contributed by atoms with Crippen LogP contribution in [-0.2, 0) is 9.53 Å². The van der Waals surface area contributed by atoms with E-state index in [0.717, 1.165) is 17.0 Å². The summed E-state index contributed by atoms with van der Waals surface area (Å²) in [4.78, 5) is 16.3. The number of hydrogen-bond acceptors (Lipinski definition) is 3. The molecule has 1 aromatic heterocycles. The second-order valence-corrected chi connectivity index (χ2v) is 4.29. The molecule has 1 aromatic carbocycles. The first kappa shape index (κ1) is 13.3. The van der Waals surface area contributed by atoms with Crippen LogP contribution < -0.4 is 0 Å². The summed E-state index contributed by atoms with van der Waals surface area (Å²) in [5.41, 5.74) is 2.65. The Kier molecular flexibility index (Phi) is 4.29. The lowest BCUT2D eigenvalue weighted by molar-refractivity contribution is -0.144. The summed E-state index contributed by atoms with van der Waals surface area (Å²) in [6, 6.07) is 15.6. The van der Waals surface area contributed by atoms with Crippen LogP contribution in [0, 0.1) is 0 Å². The van der Waals surface area contributed by atoms with E-state index in [1.165, 1.54) is 0 Å². The number of carbonyl (C=O) groups excluding carboxylic acids is 1. The first-order valence-corrected chi connectivity index (χ1v) is 6.41. The van der Waals surface area contributed by atoms with Gasteiger partial charge in [-0.15, -0.1) is 0 Å². The van der Waals surface area contributed by atoms with E-state index in [0.29, 0.717) is 6.61 Å². The van der Waals surface area contributed by atoms with Gasteiger partial charge in [0.1, 0.15) is 0 Å². The Balaban J connectivity index is 2.27. The van der Waals surface area contributed by atoms with Crippen LogP contribution in [0.3, 0.4) is 0 Å². The number of aromatic nitrogens is 1. The SMILES string of the molecule is CCOC(=O)C(C)c1cccc(-c2ccccc2)n1. The fourth-order valence-corrected chi connectivity index (χ4v) is 1.85. The van der Waals surface area contributed by atoms with Gasteiger partial charge >= 0.3 is 5.97 Å². The zero-order valence-electron chi connectivity index (χ0n) is 11.2. The van der Waals surface area contributed by atoms with E-state index in [-0.39, 0.29) is 11.9 Å². The maximum Gasteiger partial charge on any atom is 0.314 e. The minimum Gasteiger partial charge on any atom is -0.465 e. The summed E-state index contributed by atoms with van der Waals surface area (Å²) in [5.74, 6) is -0.580. The summed E-state index contributed by atoms with van der Waals surface area (Å²) in [6.45, 7) is 4.01. The van der Waals surface area contributed by atoms with Gasteiger partial charge in [0, 0.05) is 5.56 Å². The summed E-state index contributed by atoms with van der Waals surface area (Å²) < 4.78 is 5.02. The number of hydrogen-bond donors (Lipinski definition) is 0. The number of rotatable bonds is 4. The van der Waals surface area contributed by atoms with Crippen LogP contribution in [-0.4, -0.2) is 17.6 Å². The number of carbonyl (C=O) groups is 1. The standard InChI is InChI=1S/C16H17NO2/c1-3-19-16(18)12(2)14-10-7-11-15(17-14)13-8-5-4-6-9-13/h4-12H,3H2,1-2H3. The highest BCUT2D eigenvalue weighted by Crippen LogP contribution is 2.20. The maximum absolute atomic E-state index is 11.7. The van der Waals surface area contributed by atoms with Crippen molar-refractivity contribution in [1.82, 2.24) is 4.98 Å². The van der Waals surface area contributed by atoms with E-state index in [9.17, 15) is 4.79 Å². The maximum atomic E-state index is 11.7. The zero-order chi connectivity index (χ0) is 13.7. The van der Waals surface area contributed by atoms with Crippen LogP contribution in [0.2, 0.25) is 0 Å². The highest BCUT2D eigenvalue weighted by Gasteiger charge is 2.18. The lowest BCUT2D eigenvalue weighted by Crippen LogP contribution is -2.14. The summed E-state index contributed by atoms with van der Waals surface area (Å²) >= 11 is 0. The van der Waals surface area contributed by atoms with Crippen LogP contribution in [0.25, 0.3) is 11.3 Å². The van der Waals surface area contributed by atoms with Gasteiger partial charge in [-0.1, -0.05) is 36.4 Å². The molecule has 0 N–H and O–H groups in total. The van der Waals surface area contributed by atoms with Crippen molar-refractivity contribution >= 4 is 5.97 Å². The molecule has 19 heavy (non-hydrogen) atoms. The molecule has 0 amide bonds. The van der Waals surface area contributed by atoms with Crippen molar-refractivity contribution < 1.29 is 9.53 Å². The topological polar surface area (TPSA) is 39.2 Å². The van der Waals surface area contributed by atoms with E-state index in [2.05, 4.69) is 4.98 Å². The van der Waals surface area contributed by atoms with Crippen LogP contribution in [0.5, 0.6) is 0 Å². The Morgan fingerprint density at radius 2 is 1.89 bits per heavy atom. The fourth-order valence-electron chi connectivity index (χ4n) is 1.85. The van der Waals surface area contributed by atoms with Gasteiger partial charge in [0.25, 0.3) is 0 Å². The normalized spacial score (nSPS) is 11.9. The number of ether oxygens (including phenoxy) is 1. The van der Waals surface area contributed by atoms with Gasteiger partial charge in [-0.3, -0.25) is 9.78 Å². The molecule has 0 aliphatic rings. The van der Waals surface area contributed by atoms with Crippen molar-refractivity contribution in [2.45, 2.75) is 19.8 Å². The molecule has 0 aliphatic carbocycles. The predicted molar refractivity (Wildman–Crippen MR) is 74.7 cm³/mol. The van der Waals surface area contributed by atoms with E-state index in [1.807, 2.05) is 55.5 Å². The second kappa shape index (κ2) is 6.14. The van der Waals surface area contributed by atoms with E-state index < -0.39 is 0 Å². The molecule has 0 aliphatic heterocycles. The van der Waals surface area contributed by atoms with Crippen molar-refractivity contribution in [2.24, 2.45) is 0 Å². The highest BCUT2D eigenvalue weighted by atomic mass is 16.5. The Hall–Kier alpha value is -2.16. The third kappa shape index (κ3) is 3.19. The molecule has 0 bridgehead atoms. The summed E-state index contributed by atoms with van der Waals surface area (Å²) in [6.07, 6.45) is 0. The molecule has 1 atom stereocenters. The third-order valence-corrected chi connectivity index (χ3v) is 2.92. The second-order valence-electron chi connectivity index (χ2n) is 4.29. The molecular weight excluding hydrogens is 238 g/mol. The van der Waals surface area contributed by atoms with Gasteiger partial charge in [-0.05, 0) is 26.0 Å². The molecule has 0 fully saturated rings. The predicted octanol–water partition coefficient (Wildman–Crippen LogP) is 3.42. The summed E-state index contributed by atoms with van der Waals surface area (Å²) in [7, 11) is 0. The molecular formula is C16H17NO2. The Bertz CT molecular complexity index is 552. The minimum atomic E-state index is -0.344.